The number of likely N-dealkylation sites (tertiary alicyclic amines) is 1. The first-order valence-electron chi connectivity index (χ1n) is 10.6. The highest BCUT2D eigenvalue weighted by atomic mass is 32.1. The predicted molar refractivity (Wildman–Crippen MR) is 115 cm³/mol. The summed E-state index contributed by atoms with van der Waals surface area (Å²) in [5, 5.41) is 13.4. The van der Waals surface area contributed by atoms with Crippen molar-refractivity contribution in [2.24, 2.45) is 5.92 Å². The van der Waals surface area contributed by atoms with Crippen LogP contribution in [-0.2, 0) is 9.53 Å². The van der Waals surface area contributed by atoms with Crippen molar-refractivity contribution in [1.29, 1.82) is 0 Å². The summed E-state index contributed by atoms with van der Waals surface area (Å²) in [6.07, 6.45) is 3.24. The minimum absolute atomic E-state index is 0.00302. The number of piperidine rings is 1. The van der Waals surface area contributed by atoms with Crippen LogP contribution in [0.15, 0.2) is 24.3 Å². The quantitative estimate of drug-likeness (QED) is 0.681. The van der Waals surface area contributed by atoms with Gasteiger partial charge in [0, 0.05) is 37.8 Å². The van der Waals surface area contributed by atoms with Crippen LogP contribution in [0.5, 0.6) is 0 Å². The van der Waals surface area contributed by atoms with E-state index >= 15 is 0 Å². The maximum atomic E-state index is 13.0. The smallest absolute Gasteiger partial charge is 0.286 e. The number of benzene rings is 1. The number of ether oxygens (including phenoxy) is 1. The van der Waals surface area contributed by atoms with Gasteiger partial charge in [-0.15, -0.1) is 10.2 Å². The van der Waals surface area contributed by atoms with E-state index in [9.17, 15) is 18.8 Å². The van der Waals surface area contributed by atoms with Crippen LogP contribution >= 0.6 is 11.3 Å². The zero-order valence-corrected chi connectivity index (χ0v) is 18.2. The number of hydrogen-bond acceptors (Lipinski definition) is 7. The lowest BCUT2D eigenvalue weighted by atomic mass is 9.96. The summed E-state index contributed by atoms with van der Waals surface area (Å²) >= 11 is 0.902. The first kappa shape index (κ1) is 22.3. The summed E-state index contributed by atoms with van der Waals surface area (Å²) < 4.78 is 18.5. The van der Waals surface area contributed by atoms with Crippen LogP contribution in [0.25, 0.3) is 0 Å². The van der Waals surface area contributed by atoms with Crippen molar-refractivity contribution in [1.82, 2.24) is 20.4 Å². The lowest BCUT2D eigenvalue weighted by Gasteiger charge is -2.30. The van der Waals surface area contributed by atoms with Crippen molar-refractivity contribution in [2.45, 2.75) is 31.8 Å². The molecule has 0 radical (unpaired) electrons. The molecule has 1 atom stereocenters. The lowest BCUT2D eigenvalue weighted by Crippen LogP contribution is -2.44. The number of carbonyl (C=O) groups is 3. The number of rotatable bonds is 6. The standard InChI is InChI=1S/C21H24FN5O4S/c22-14-3-5-15(6-4-14)24-18(29)19-25-26-20(32-19)21(30)27-9-7-13(8-10-27)17(28)23-12-16-2-1-11-31-16/h3-6,13,16H,1-2,7-12H2,(H,23,28)(H,24,29). The van der Waals surface area contributed by atoms with Gasteiger partial charge in [0.1, 0.15) is 5.82 Å². The number of hydrogen-bond donors (Lipinski definition) is 2. The normalized spacial score (nSPS) is 19.0. The van der Waals surface area contributed by atoms with Crippen molar-refractivity contribution in [3.05, 3.63) is 40.1 Å². The third-order valence-corrected chi connectivity index (χ3v) is 6.50. The molecule has 0 spiro atoms. The van der Waals surface area contributed by atoms with Gasteiger partial charge >= 0.3 is 0 Å². The molecular formula is C21H24FN5O4S. The minimum atomic E-state index is -0.519. The highest BCUT2D eigenvalue weighted by Crippen LogP contribution is 2.21. The van der Waals surface area contributed by atoms with E-state index < -0.39 is 11.7 Å². The molecule has 0 saturated carbocycles. The molecule has 3 heterocycles. The van der Waals surface area contributed by atoms with E-state index in [-0.39, 0.29) is 33.9 Å². The van der Waals surface area contributed by atoms with Crippen molar-refractivity contribution < 1.29 is 23.5 Å². The van der Waals surface area contributed by atoms with E-state index in [1.54, 1.807) is 4.90 Å². The molecule has 1 unspecified atom stereocenters. The Hall–Kier alpha value is -2.92. The Morgan fingerprint density at radius 1 is 1.09 bits per heavy atom. The van der Waals surface area contributed by atoms with Crippen LogP contribution in [0.2, 0.25) is 0 Å². The molecule has 9 nitrogen and oxygen atoms in total. The van der Waals surface area contributed by atoms with Gasteiger partial charge in [-0.25, -0.2) is 4.39 Å². The summed E-state index contributed by atoms with van der Waals surface area (Å²) in [6, 6.07) is 5.33. The van der Waals surface area contributed by atoms with Gasteiger partial charge in [-0.2, -0.15) is 0 Å². The molecule has 11 heteroatoms. The molecule has 0 aliphatic carbocycles. The number of carbonyl (C=O) groups excluding carboxylic acids is 3. The fraction of sp³-hybridized carbons (Fsp3) is 0.476. The first-order chi connectivity index (χ1) is 15.5. The van der Waals surface area contributed by atoms with Gasteiger partial charge in [-0.1, -0.05) is 11.3 Å². The second kappa shape index (κ2) is 10.1. The second-order valence-electron chi connectivity index (χ2n) is 7.82. The Bertz CT molecular complexity index is 969. The molecule has 2 fully saturated rings. The van der Waals surface area contributed by atoms with Crippen molar-refractivity contribution in [3.63, 3.8) is 0 Å². The molecule has 0 bridgehead atoms. The SMILES string of the molecule is O=C(Nc1ccc(F)cc1)c1nnc(C(=O)N2CCC(C(=O)NCC3CCCO3)CC2)s1. The summed E-state index contributed by atoms with van der Waals surface area (Å²) in [7, 11) is 0. The molecule has 2 saturated heterocycles. The van der Waals surface area contributed by atoms with Crippen LogP contribution in [0, 0.1) is 11.7 Å². The fourth-order valence-electron chi connectivity index (χ4n) is 3.76. The van der Waals surface area contributed by atoms with Gasteiger partial charge in [-0.05, 0) is 49.9 Å². The Kier molecular flexibility index (Phi) is 7.05. The van der Waals surface area contributed by atoms with Crippen LogP contribution in [-0.4, -0.2) is 65.2 Å². The fourth-order valence-corrected chi connectivity index (χ4v) is 4.47. The Morgan fingerprint density at radius 2 is 1.81 bits per heavy atom. The van der Waals surface area contributed by atoms with Crippen LogP contribution in [0.1, 0.15) is 45.3 Å². The zero-order chi connectivity index (χ0) is 22.5. The van der Waals surface area contributed by atoms with Gasteiger partial charge in [0.25, 0.3) is 11.8 Å². The van der Waals surface area contributed by atoms with E-state index in [1.165, 1.54) is 24.3 Å². The van der Waals surface area contributed by atoms with Gasteiger partial charge in [-0.3, -0.25) is 14.4 Å². The van der Waals surface area contributed by atoms with Crippen LogP contribution < -0.4 is 10.6 Å². The van der Waals surface area contributed by atoms with Crippen LogP contribution in [0.3, 0.4) is 0 Å². The number of aromatic nitrogens is 2. The topological polar surface area (TPSA) is 114 Å². The summed E-state index contributed by atoms with van der Waals surface area (Å²) in [6.45, 7) is 2.16. The molecule has 4 rings (SSSR count). The molecule has 2 aromatic rings. The first-order valence-corrected chi connectivity index (χ1v) is 11.4. The number of nitrogens with zero attached hydrogens (tertiary/aromatic N) is 3. The van der Waals surface area contributed by atoms with E-state index in [1.807, 2.05) is 0 Å². The molecule has 2 aliphatic heterocycles. The molecule has 1 aromatic heterocycles. The van der Waals surface area contributed by atoms with Gasteiger partial charge in [0.15, 0.2) is 0 Å². The number of halogens is 1. The van der Waals surface area contributed by atoms with Crippen LogP contribution in [0.4, 0.5) is 10.1 Å². The molecule has 3 amide bonds. The number of nitrogens with one attached hydrogen (secondary N) is 2. The number of anilines is 1. The average Bonchev–Trinajstić information content (AvgIpc) is 3.51. The summed E-state index contributed by atoms with van der Waals surface area (Å²) in [5.41, 5.74) is 0.416. The minimum Gasteiger partial charge on any atom is -0.376 e. The molecule has 2 aliphatic rings. The van der Waals surface area contributed by atoms with Gasteiger partial charge in [0.2, 0.25) is 15.9 Å². The number of amides is 3. The molecule has 2 N–H and O–H groups in total. The van der Waals surface area contributed by atoms with Gasteiger partial charge < -0.3 is 20.3 Å². The molecule has 32 heavy (non-hydrogen) atoms. The molecule has 1 aromatic carbocycles. The monoisotopic (exact) mass is 461 g/mol. The third kappa shape index (κ3) is 5.46. The highest BCUT2D eigenvalue weighted by molar-refractivity contribution is 7.15. The van der Waals surface area contributed by atoms with E-state index in [4.69, 9.17) is 4.74 Å². The van der Waals surface area contributed by atoms with E-state index in [0.29, 0.717) is 38.2 Å². The summed E-state index contributed by atoms with van der Waals surface area (Å²) in [4.78, 5) is 39.1. The van der Waals surface area contributed by atoms with Gasteiger partial charge in [0.05, 0.1) is 6.10 Å². The average molecular weight is 462 g/mol. The molecular weight excluding hydrogens is 437 g/mol. The van der Waals surface area contributed by atoms with Crippen molar-refractivity contribution >= 4 is 34.7 Å². The molecule has 170 valence electrons. The Balaban J connectivity index is 1.26. The summed E-state index contributed by atoms with van der Waals surface area (Å²) in [5.74, 6) is -1.36. The van der Waals surface area contributed by atoms with Crippen molar-refractivity contribution in [2.75, 3.05) is 31.6 Å². The predicted octanol–water partition coefficient (Wildman–Crippen LogP) is 2.08. The maximum Gasteiger partial charge on any atom is 0.286 e. The Labute approximate surface area is 188 Å². The Morgan fingerprint density at radius 3 is 2.50 bits per heavy atom. The van der Waals surface area contributed by atoms with Crippen molar-refractivity contribution in [3.8, 4) is 0 Å². The highest BCUT2D eigenvalue weighted by Gasteiger charge is 2.30. The third-order valence-electron chi connectivity index (χ3n) is 5.59. The lowest BCUT2D eigenvalue weighted by molar-refractivity contribution is -0.126. The van der Waals surface area contributed by atoms with E-state index in [2.05, 4.69) is 20.8 Å². The maximum absolute atomic E-state index is 13.0. The van der Waals surface area contributed by atoms with E-state index in [0.717, 1.165) is 30.8 Å². The zero-order valence-electron chi connectivity index (χ0n) is 17.4. The largest absolute Gasteiger partial charge is 0.376 e. The second-order valence-corrected chi connectivity index (χ2v) is 8.80.